The first-order chi connectivity index (χ1) is 12.3. The Morgan fingerprint density at radius 2 is 1.56 bits per heavy atom. The average Bonchev–Trinajstić information content (AvgIpc) is 2.64. The Balaban J connectivity index is 1.62. The number of nitrogens with one attached hydrogen (secondary N) is 2. The molecule has 122 valence electrons. The first kappa shape index (κ1) is 15.5. The lowest BCUT2D eigenvalue weighted by atomic mass is 10.2. The van der Waals surface area contributed by atoms with Gasteiger partial charge in [-0.15, -0.1) is 0 Å². The molecule has 2 aromatic heterocycles. The first-order valence-electron chi connectivity index (χ1n) is 7.75. The summed E-state index contributed by atoms with van der Waals surface area (Å²) < 4.78 is 0.973. The smallest absolute Gasteiger partial charge is 0.229 e. The van der Waals surface area contributed by atoms with Crippen LogP contribution >= 0.6 is 15.9 Å². The van der Waals surface area contributed by atoms with E-state index in [0.717, 1.165) is 26.8 Å². The molecule has 4 rings (SSSR count). The Kier molecular flexibility index (Phi) is 4.26. The predicted octanol–water partition coefficient (Wildman–Crippen LogP) is 5.27. The molecular weight excluding hydrogens is 378 g/mol. The zero-order valence-corrected chi connectivity index (χ0v) is 14.7. The molecular formula is C19H14BrN5. The highest BCUT2D eigenvalue weighted by Gasteiger charge is 2.06. The van der Waals surface area contributed by atoms with E-state index >= 15 is 0 Å². The molecule has 0 unspecified atom stereocenters. The van der Waals surface area contributed by atoms with Crippen LogP contribution in [0.4, 0.5) is 23.1 Å². The molecule has 0 aliphatic rings. The summed E-state index contributed by atoms with van der Waals surface area (Å²) in [5.74, 6) is 1.22. The molecule has 0 aliphatic carbocycles. The number of benzene rings is 2. The van der Waals surface area contributed by atoms with Gasteiger partial charge in [0, 0.05) is 22.3 Å². The number of pyridine rings is 1. The molecule has 6 heteroatoms. The van der Waals surface area contributed by atoms with Crippen molar-refractivity contribution in [2.75, 3.05) is 10.6 Å². The van der Waals surface area contributed by atoms with Crippen molar-refractivity contribution in [1.29, 1.82) is 0 Å². The molecule has 2 heterocycles. The molecule has 4 aromatic rings. The summed E-state index contributed by atoms with van der Waals surface area (Å²) in [6, 6.07) is 19.6. The van der Waals surface area contributed by atoms with Crippen LogP contribution in [0.25, 0.3) is 10.9 Å². The van der Waals surface area contributed by atoms with E-state index in [1.807, 2.05) is 60.7 Å². The van der Waals surface area contributed by atoms with Gasteiger partial charge in [0.1, 0.15) is 5.82 Å². The van der Waals surface area contributed by atoms with Gasteiger partial charge in [0.15, 0.2) is 0 Å². The van der Waals surface area contributed by atoms with Crippen molar-refractivity contribution in [3.8, 4) is 0 Å². The van der Waals surface area contributed by atoms with Crippen LogP contribution in [0.5, 0.6) is 0 Å². The summed E-state index contributed by atoms with van der Waals surface area (Å²) >= 11 is 3.52. The van der Waals surface area contributed by atoms with E-state index in [1.54, 1.807) is 12.4 Å². The minimum atomic E-state index is 0.509. The van der Waals surface area contributed by atoms with E-state index in [0.29, 0.717) is 11.8 Å². The molecule has 2 N–H and O–H groups in total. The second kappa shape index (κ2) is 6.86. The molecule has 0 bridgehead atoms. The van der Waals surface area contributed by atoms with Crippen molar-refractivity contribution in [1.82, 2.24) is 15.0 Å². The van der Waals surface area contributed by atoms with E-state index in [4.69, 9.17) is 0 Å². The third-order valence-electron chi connectivity index (χ3n) is 3.67. The number of rotatable bonds is 4. The Morgan fingerprint density at radius 3 is 2.48 bits per heavy atom. The standard InChI is InChI=1S/C19H14BrN5/c20-14-7-1-2-8-15(14)23-17-10-12-22-19(25-17)24-16-9-3-5-13-6-4-11-21-18(13)16/h1-12H,(H2,22,23,24,25). The van der Waals surface area contributed by atoms with Crippen LogP contribution in [0, 0.1) is 0 Å². The molecule has 0 fully saturated rings. The quantitative estimate of drug-likeness (QED) is 0.495. The van der Waals surface area contributed by atoms with E-state index in [2.05, 4.69) is 41.5 Å². The van der Waals surface area contributed by atoms with Crippen molar-refractivity contribution in [3.63, 3.8) is 0 Å². The largest absolute Gasteiger partial charge is 0.339 e. The second-order valence-corrected chi connectivity index (χ2v) is 6.23. The first-order valence-corrected chi connectivity index (χ1v) is 8.54. The van der Waals surface area contributed by atoms with Crippen molar-refractivity contribution in [3.05, 3.63) is 77.5 Å². The van der Waals surface area contributed by atoms with Crippen LogP contribution in [-0.2, 0) is 0 Å². The minimum Gasteiger partial charge on any atom is -0.339 e. The number of aromatic nitrogens is 3. The lowest BCUT2D eigenvalue weighted by Gasteiger charge is -2.10. The summed E-state index contributed by atoms with van der Waals surface area (Å²) in [6.45, 7) is 0. The summed E-state index contributed by atoms with van der Waals surface area (Å²) in [5.41, 5.74) is 2.70. The third kappa shape index (κ3) is 3.44. The zero-order chi connectivity index (χ0) is 17.1. The number of anilines is 4. The summed E-state index contributed by atoms with van der Waals surface area (Å²) in [4.78, 5) is 13.3. The van der Waals surface area contributed by atoms with Crippen molar-refractivity contribution in [2.45, 2.75) is 0 Å². The van der Waals surface area contributed by atoms with Gasteiger partial charge in [-0.05, 0) is 46.3 Å². The van der Waals surface area contributed by atoms with Crippen LogP contribution in [0.2, 0.25) is 0 Å². The van der Waals surface area contributed by atoms with E-state index < -0.39 is 0 Å². The van der Waals surface area contributed by atoms with E-state index in [9.17, 15) is 0 Å². The van der Waals surface area contributed by atoms with Crippen LogP contribution in [0.15, 0.2) is 77.5 Å². The summed E-state index contributed by atoms with van der Waals surface area (Å²) in [7, 11) is 0. The van der Waals surface area contributed by atoms with Gasteiger partial charge in [0.05, 0.1) is 16.9 Å². The monoisotopic (exact) mass is 391 g/mol. The molecule has 0 saturated carbocycles. The maximum atomic E-state index is 4.53. The third-order valence-corrected chi connectivity index (χ3v) is 4.36. The van der Waals surface area contributed by atoms with Crippen LogP contribution in [0.1, 0.15) is 0 Å². The lowest BCUT2D eigenvalue weighted by molar-refractivity contribution is 1.16. The van der Waals surface area contributed by atoms with Gasteiger partial charge < -0.3 is 10.6 Å². The topological polar surface area (TPSA) is 62.7 Å². The maximum absolute atomic E-state index is 4.53. The average molecular weight is 392 g/mol. The van der Waals surface area contributed by atoms with Crippen molar-refractivity contribution in [2.24, 2.45) is 0 Å². The number of fused-ring (bicyclic) bond motifs is 1. The van der Waals surface area contributed by atoms with Crippen LogP contribution in [-0.4, -0.2) is 15.0 Å². The second-order valence-electron chi connectivity index (χ2n) is 5.38. The molecule has 0 radical (unpaired) electrons. The fraction of sp³-hybridized carbons (Fsp3) is 0. The molecule has 5 nitrogen and oxygen atoms in total. The molecule has 25 heavy (non-hydrogen) atoms. The molecule has 0 spiro atoms. The van der Waals surface area contributed by atoms with Gasteiger partial charge in [-0.2, -0.15) is 4.98 Å². The molecule has 0 atom stereocenters. The highest BCUT2D eigenvalue weighted by Crippen LogP contribution is 2.26. The maximum Gasteiger partial charge on any atom is 0.229 e. The SMILES string of the molecule is Brc1ccccc1Nc1ccnc(Nc2cccc3cccnc23)n1. The Labute approximate surface area is 153 Å². The predicted molar refractivity (Wildman–Crippen MR) is 104 cm³/mol. The fourth-order valence-electron chi connectivity index (χ4n) is 2.51. The van der Waals surface area contributed by atoms with Gasteiger partial charge >= 0.3 is 0 Å². The van der Waals surface area contributed by atoms with E-state index in [-0.39, 0.29) is 0 Å². The fourth-order valence-corrected chi connectivity index (χ4v) is 2.90. The molecule has 2 aromatic carbocycles. The number of nitrogens with zero attached hydrogens (tertiary/aromatic N) is 3. The zero-order valence-electron chi connectivity index (χ0n) is 13.1. The molecule has 0 saturated heterocycles. The van der Waals surface area contributed by atoms with Gasteiger partial charge in [0.2, 0.25) is 5.95 Å². The van der Waals surface area contributed by atoms with Crippen LogP contribution in [0.3, 0.4) is 0 Å². The van der Waals surface area contributed by atoms with Crippen LogP contribution < -0.4 is 10.6 Å². The Morgan fingerprint density at radius 1 is 0.720 bits per heavy atom. The normalized spacial score (nSPS) is 10.6. The van der Waals surface area contributed by atoms with Crippen molar-refractivity contribution >= 4 is 50.0 Å². The highest BCUT2D eigenvalue weighted by atomic mass is 79.9. The van der Waals surface area contributed by atoms with Gasteiger partial charge in [-0.1, -0.05) is 30.3 Å². The highest BCUT2D eigenvalue weighted by molar-refractivity contribution is 9.10. The van der Waals surface area contributed by atoms with Gasteiger partial charge in [-0.3, -0.25) is 4.98 Å². The van der Waals surface area contributed by atoms with E-state index in [1.165, 1.54) is 0 Å². The number of halogens is 1. The number of para-hydroxylation sites is 2. The molecule has 0 amide bonds. The summed E-state index contributed by atoms with van der Waals surface area (Å²) in [5, 5.41) is 7.60. The summed E-state index contributed by atoms with van der Waals surface area (Å²) in [6.07, 6.45) is 3.49. The van der Waals surface area contributed by atoms with Gasteiger partial charge in [0.25, 0.3) is 0 Å². The number of hydrogen-bond donors (Lipinski definition) is 2. The Bertz CT molecular complexity index is 1030. The Hall–Kier alpha value is -2.99. The van der Waals surface area contributed by atoms with Gasteiger partial charge in [-0.25, -0.2) is 4.98 Å². The lowest BCUT2D eigenvalue weighted by Crippen LogP contribution is -2.01. The minimum absolute atomic E-state index is 0.509. The van der Waals surface area contributed by atoms with Crippen molar-refractivity contribution < 1.29 is 0 Å². The number of hydrogen-bond acceptors (Lipinski definition) is 5. The molecule has 0 aliphatic heterocycles.